The monoisotopic (exact) mass is 610 g/mol. The Balaban J connectivity index is 0.924. The molecular weight excluding hydrogens is 568 g/mol. The number of ketones is 1. The van der Waals surface area contributed by atoms with Gasteiger partial charge in [0.2, 0.25) is 5.91 Å². The van der Waals surface area contributed by atoms with Crippen molar-refractivity contribution in [2.75, 3.05) is 38.6 Å². The zero-order valence-electron chi connectivity index (χ0n) is 26.0. The van der Waals surface area contributed by atoms with Crippen molar-refractivity contribution in [3.05, 3.63) is 83.7 Å². The maximum atomic E-state index is 13.2. The summed E-state index contributed by atoms with van der Waals surface area (Å²) in [4.78, 5) is 46.9. The molecule has 9 nitrogen and oxygen atoms in total. The Morgan fingerprint density at radius 1 is 0.867 bits per heavy atom. The smallest absolute Gasteiger partial charge is 0.272 e. The summed E-state index contributed by atoms with van der Waals surface area (Å²) >= 11 is 0. The minimum atomic E-state index is -0.124. The van der Waals surface area contributed by atoms with Crippen LogP contribution in [0.15, 0.2) is 66.9 Å². The van der Waals surface area contributed by atoms with Crippen LogP contribution >= 0.6 is 0 Å². The Hall–Kier alpha value is -4.24. The molecule has 2 saturated heterocycles. The van der Waals surface area contributed by atoms with Crippen LogP contribution < -0.4 is 14.8 Å². The van der Waals surface area contributed by atoms with Crippen molar-refractivity contribution < 1.29 is 23.9 Å². The lowest BCUT2D eigenvalue weighted by Gasteiger charge is -2.32. The van der Waals surface area contributed by atoms with E-state index in [9.17, 15) is 14.4 Å². The summed E-state index contributed by atoms with van der Waals surface area (Å²) in [5.41, 5.74) is 2.93. The summed E-state index contributed by atoms with van der Waals surface area (Å²) in [6, 6.07) is 19.1. The van der Waals surface area contributed by atoms with Crippen LogP contribution in [0.3, 0.4) is 0 Å². The fraction of sp³-hybridized carbons (Fsp3) is 0.444. The zero-order valence-corrected chi connectivity index (χ0v) is 26.0. The van der Waals surface area contributed by atoms with Crippen LogP contribution in [0.4, 0.5) is 5.69 Å². The van der Waals surface area contributed by atoms with Crippen LogP contribution in [0.1, 0.15) is 71.4 Å². The van der Waals surface area contributed by atoms with Crippen molar-refractivity contribution in [1.29, 1.82) is 0 Å². The van der Waals surface area contributed by atoms with Gasteiger partial charge in [-0.2, -0.15) is 0 Å². The number of aromatic nitrogens is 1. The summed E-state index contributed by atoms with van der Waals surface area (Å²) in [6.45, 7) is 4.00. The van der Waals surface area contributed by atoms with Gasteiger partial charge in [0.1, 0.15) is 23.3 Å². The molecule has 45 heavy (non-hydrogen) atoms. The molecular formula is C36H42N4O5. The molecule has 0 atom stereocenters. The molecule has 9 heteroatoms. The SMILES string of the molecule is COc1ccc(CN2CCC(CC(=O)c3ccc(C(=O)N4CCC(Oc5cccc(NC(=O)C6CC6)c5)CC4)nc3)CC2)cc1. The van der Waals surface area contributed by atoms with Gasteiger partial charge in [-0.1, -0.05) is 18.2 Å². The van der Waals surface area contributed by atoms with E-state index in [-0.39, 0.29) is 29.6 Å². The van der Waals surface area contributed by atoms with Crippen molar-refractivity contribution in [3.63, 3.8) is 0 Å². The molecule has 0 unspecified atom stereocenters. The summed E-state index contributed by atoms with van der Waals surface area (Å²) < 4.78 is 11.4. The average Bonchev–Trinajstić information content (AvgIpc) is 3.93. The summed E-state index contributed by atoms with van der Waals surface area (Å²) in [5, 5.41) is 2.96. The molecule has 0 radical (unpaired) electrons. The maximum absolute atomic E-state index is 13.2. The molecule has 2 aromatic carbocycles. The lowest BCUT2D eigenvalue weighted by atomic mass is 9.90. The topological polar surface area (TPSA) is 101 Å². The third-order valence-electron chi connectivity index (χ3n) is 9.13. The van der Waals surface area contributed by atoms with Gasteiger partial charge in [0.15, 0.2) is 5.78 Å². The van der Waals surface area contributed by atoms with E-state index in [4.69, 9.17) is 9.47 Å². The third kappa shape index (κ3) is 8.28. The van der Waals surface area contributed by atoms with E-state index in [1.807, 2.05) is 36.4 Å². The number of carbonyl (C=O) groups excluding carboxylic acids is 3. The quantitative estimate of drug-likeness (QED) is 0.282. The van der Waals surface area contributed by atoms with Crippen LogP contribution in [0, 0.1) is 11.8 Å². The van der Waals surface area contributed by atoms with E-state index in [1.165, 1.54) is 5.56 Å². The Morgan fingerprint density at radius 3 is 2.29 bits per heavy atom. The second-order valence-electron chi connectivity index (χ2n) is 12.5. The van der Waals surface area contributed by atoms with Gasteiger partial charge in [-0.15, -0.1) is 0 Å². The van der Waals surface area contributed by atoms with Gasteiger partial charge < -0.3 is 19.7 Å². The van der Waals surface area contributed by atoms with Gasteiger partial charge in [-0.3, -0.25) is 24.3 Å². The standard InChI is InChI=1S/C36H42N4O5/c1-44-30-10-5-26(6-11-30)24-39-17-13-25(14-18-39)21-34(41)28-9-12-33(37-23-28)36(43)40-19-15-31(16-20-40)45-32-4-2-3-29(22-32)38-35(42)27-7-8-27/h2-6,9-12,22-23,25,27,31H,7-8,13-21,24H2,1H3,(H,38,42). The van der Waals surface area contributed by atoms with Gasteiger partial charge in [0.25, 0.3) is 5.91 Å². The first-order chi connectivity index (χ1) is 21.9. The highest BCUT2D eigenvalue weighted by Gasteiger charge is 2.30. The number of Topliss-reactive ketones (excluding diaryl/α,β-unsaturated/α-hetero) is 1. The molecule has 2 amide bonds. The number of hydrogen-bond acceptors (Lipinski definition) is 7. The molecule has 0 spiro atoms. The summed E-state index contributed by atoms with van der Waals surface area (Å²) in [6.07, 6.45) is 7.38. The molecule has 3 aliphatic rings. The molecule has 3 fully saturated rings. The Labute approximate surface area is 264 Å². The number of anilines is 1. The summed E-state index contributed by atoms with van der Waals surface area (Å²) in [5.74, 6) is 2.12. The van der Waals surface area contributed by atoms with Crippen LogP contribution in [0.25, 0.3) is 0 Å². The van der Waals surface area contributed by atoms with Gasteiger partial charge in [-0.25, -0.2) is 0 Å². The van der Waals surface area contributed by atoms with Crippen molar-refractivity contribution >= 4 is 23.3 Å². The fourth-order valence-electron chi connectivity index (χ4n) is 6.17. The first kappa shape index (κ1) is 30.8. The highest BCUT2D eigenvalue weighted by molar-refractivity contribution is 5.97. The number of amides is 2. The molecule has 3 aromatic rings. The minimum absolute atomic E-state index is 0.00861. The first-order valence-corrected chi connectivity index (χ1v) is 16.1. The normalized spacial score (nSPS) is 17.9. The van der Waals surface area contributed by atoms with Crippen LogP contribution in [0.5, 0.6) is 11.5 Å². The van der Waals surface area contributed by atoms with Crippen molar-refractivity contribution in [2.45, 2.75) is 57.6 Å². The van der Waals surface area contributed by atoms with E-state index in [1.54, 1.807) is 30.3 Å². The van der Waals surface area contributed by atoms with E-state index in [0.717, 1.165) is 62.5 Å². The Kier molecular flexibility index (Phi) is 9.74. The van der Waals surface area contributed by atoms with Crippen LogP contribution in [-0.2, 0) is 11.3 Å². The van der Waals surface area contributed by atoms with Crippen LogP contribution in [0.2, 0.25) is 0 Å². The zero-order chi connectivity index (χ0) is 31.2. The number of piperidine rings is 2. The number of benzene rings is 2. The minimum Gasteiger partial charge on any atom is -0.497 e. The van der Waals surface area contributed by atoms with Crippen molar-refractivity contribution in [3.8, 4) is 11.5 Å². The summed E-state index contributed by atoms with van der Waals surface area (Å²) in [7, 11) is 1.68. The number of ether oxygens (including phenoxy) is 2. The highest BCUT2D eigenvalue weighted by atomic mass is 16.5. The van der Waals surface area contributed by atoms with Crippen molar-refractivity contribution in [2.24, 2.45) is 11.8 Å². The molecule has 1 saturated carbocycles. The third-order valence-corrected chi connectivity index (χ3v) is 9.13. The maximum Gasteiger partial charge on any atom is 0.272 e. The molecule has 3 heterocycles. The number of likely N-dealkylation sites (tertiary alicyclic amines) is 2. The Bertz CT molecular complexity index is 1470. The number of pyridine rings is 1. The predicted octanol–water partition coefficient (Wildman–Crippen LogP) is 5.61. The fourth-order valence-corrected chi connectivity index (χ4v) is 6.17. The molecule has 1 aliphatic carbocycles. The first-order valence-electron chi connectivity index (χ1n) is 16.1. The molecule has 236 valence electrons. The van der Waals surface area contributed by atoms with E-state index < -0.39 is 0 Å². The highest BCUT2D eigenvalue weighted by Crippen LogP contribution is 2.31. The lowest BCUT2D eigenvalue weighted by Crippen LogP contribution is -2.42. The Morgan fingerprint density at radius 2 is 1.62 bits per heavy atom. The molecule has 1 N–H and O–H groups in total. The van der Waals surface area contributed by atoms with Gasteiger partial charge in [0, 0.05) is 68.3 Å². The van der Waals surface area contributed by atoms with Crippen LogP contribution in [-0.4, -0.2) is 71.8 Å². The van der Waals surface area contributed by atoms with E-state index in [2.05, 4.69) is 27.3 Å². The van der Waals surface area contributed by atoms with Crippen molar-refractivity contribution in [1.82, 2.24) is 14.8 Å². The van der Waals surface area contributed by atoms with E-state index >= 15 is 0 Å². The lowest BCUT2D eigenvalue weighted by molar-refractivity contribution is -0.117. The van der Waals surface area contributed by atoms with Gasteiger partial charge in [-0.05, 0) is 86.7 Å². The largest absolute Gasteiger partial charge is 0.497 e. The second kappa shape index (κ2) is 14.2. The molecule has 0 bridgehead atoms. The predicted molar refractivity (Wildman–Crippen MR) is 172 cm³/mol. The van der Waals surface area contributed by atoms with E-state index in [0.29, 0.717) is 49.5 Å². The number of carbonyl (C=O) groups is 3. The number of hydrogen-bond donors (Lipinski definition) is 1. The van der Waals surface area contributed by atoms with Gasteiger partial charge in [0.05, 0.1) is 7.11 Å². The molecule has 1 aromatic heterocycles. The number of nitrogens with zero attached hydrogens (tertiary/aromatic N) is 3. The number of rotatable bonds is 11. The molecule has 6 rings (SSSR count). The number of methoxy groups -OCH3 is 1. The second-order valence-corrected chi connectivity index (χ2v) is 12.5. The van der Waals surface area contributed by atoms with Gasteiger partial charge >= 0.3 is 0 Å². The average molecular weight is 611 g/mol. The number of nitrogens with one attached hydrogen (secondary N) is 1. The molecule has 2 aliphatic heterocycles.